The first kappa shape index (κ1) is 17.4. The van der Waals surface area contributed by atoms with Crippen LogP contribution < -0.4 is 0 Å². The van der Waals surface area contributed by atoms with Crippen LogP contribution in [-0.4, -0.2) is 31.2 Å². The number of carbonyl (C=O) groups excluding carboxylic acids is 1. The minimum Gasteiger partial charge on any atom is -0.272 e. The maximum atomic E-state index is 12.9. The highest BCUT2D eigenvalue weighted by molar-refractivity contribution is 6.19. The van der Waals surface area contributed by atoms with Crippen LogP contribution >= 0.6 is 0 Å². The maximum absolute atomic E-state index is 12.9. The second-order valence-electron chi connectivity index (χ2n) is 7.81. The number of aromatic nitrogens is 3. The molecule has 3 aromatic rings. The largest absolute Gasteiger partial charge is 0.272 e. The lowest BCUT2D eigenvalue weighted by molar-refractivity contribution is -0.135. The van der Waals surface area contributed by atoms with Crippen molar-refractivity contribution in [2.24, 2.45) is 10.5 Å². The molecule has 3 aromatic heterocycles. The molecule has 0 aliphatic carbocycles. The van der Waals surface area contributed by atoms with Crippen LogP contribution in [0.4, 0.5) is 0 Å². The van der Waals surface area contributed by atoms with E-state index in [1.165, 1.54) is 0 Å². The van der Waals surface area contributed by atoms with Gasteiger partial charge in [-0.2, -0.15) is 10.2 Å². The Morgan fingerprint density at radius 1 is 1.19 bits per heavy atom. The lowest BCUT2D eigenvalue weighted by Gasteiger charge is -2.19. The SMILES string of the molecule is CC(C)c1cc2ccc(C3=NN(Cc4cccnc4)C(=O)C3(C)C)cn2n1. The Morgan fingerprint density at radius 2 is 2.00 bits per heavy atom. The first-order valence-electron chi connectivity index (χ1n) is 9.16. The normalized spacial score (nSPS) is 16.4. The smallest absolute Gasteiger partial charge is 0.254 e. The van der Waals surface area contributed by atoms with Crippen molar-refractivity contribution >= 4 is 17.1 Å². The van der Waals surface area contributed by atoms with E-state index in [0.29, 0.717) is 12.5 Å². The number of rotatable bonds is 4. The Hall–Kier alpha value is -3.02. The molecule has 6 heteroatoms. The van der Waals surface area contributed by atoms with Crippen LogP contribution in [0.2, 0.25) is 0 Å². The minimum atomic E-state index is -0.691. The van der Waals surface area contributed by atoms with Crippen molar-refractivity contribution in [3.8, 4) is 0 Å². The molecule has 0 fully saturated rings. The number of carbonyl (C=O) groups is 1. The van der Waals surface area contributed by atoms with Crippen LogP contribution in [0, 0.1) is 5.41 Å². The third kappa shape index (κ3) is 3.01. The van der Waals surface area contributed by atoms with E-state index in [2.05, 4.69) is 35.1 Å². The van der Waals surface area contributed by atoms with Crippen molar-refractivity contribution in [2.45, 2.75) is 40.2 Å². The van der Waals surface area contributed by atoms with Gasteiger partial charge in [0.05, 0.1) is 28.9 Å². The van der Waals surface area contributed by atoms with Crippen molar-refractivity contribution in [1.29, 1.82) is 0 Å². The molecular weight excluding hydrogens is 338 g/mol. The summed E-state index contributed by atoms with van der Waals surface area (Å²) in [4.78, 5) is 17.1. The Morgan fingerprint density at radius 3 is 2.70 bits per heavy atom. The summed E-state index contributed by atoms with van der Waals surface area (Å²) < 4.78 is 1.87. The highest BCUT2D eigenvalue weighted by Gasteiger charge is 2.44. The van der Waals surface area contributed by atoms with Crippen molar-refractivity contribution in [2.75, 3.05) is 0 Å². The first-order chi connectivity index (χ1) is 12.9. The fourth-order valence-corrected chi connectivity index (χ4v) is 3.33. The van der Waals surface area contributed by atoms with Gasteiger partial charge < -0.3 is 0 Å². The zero-order valence-electron chi connectivity index (χ0n) is 16.0. The molecule has 1 amide bonds. The summed E-state index contributed by atoms with van der Waals surface area (Å²) in [6, 6.07) is 9.95. The van der Waals surface area contributed by atoms with Gasteiger partial charge in [0.2, 0.25) is 0 Å². The van der Waals surface area contributed by atoms with E-state index >= 15 is 0 Å². The number of fused-ring (bicyclic) bond motifs is 1. The molecule has 0 unspecified atom stereocenters. The number of hydrogen-bond acceptors (Lipinski definition) is 4. The van der Waals surface area contributed by atoms with Gasteiger partial charge in [0.25, 0.3) is 5.91 Å². The van der Waals surface area contributed by atoms with Crippen LogP contribution in [0.3, 0.4) is 0 Å². The van der Waals surface area contributed by atoms with Gasteiger partial charge in [-0.05, 0) is 49.6 Å². The molecule has 4 rings (SSSR count). The van der Waals surface area contributed by atoms with Crippen molar-refractivity contribution in [3.63, 3.8) is 0 Å². The van der Waals surface area contributed by atoms with Gasteiger partial charge in [-0.25, -0.2) is 9.52 Å². The minimum absolute atomic E-state index is 0.00946. The highest BCUT2D eigenvalue weighted by Crippen LogP contribution is 2.33. The van der Waals surface area contributed by atoms with Gasteiger partial charge in [-0.3, -0.25) is 9.78 Å². The number of hydrazone groups is 1. The first-order valence-corrected chi connectivity index (χ1v) is 9.16. The summed E-state index contributed by atoms with van der Waals surface area (Å²) in [7, 11) is 0. The molecule has 0 spiro atoms. The van der Waals surface area contributed by atoms with E-state index in [1.807, 2.05) is 48.8 Å². The van der Waals surface area contributed by atoms with Crippen LogP contribution in [0.15, 0.2) is 54.0 Å². The van der Waals surface area contributed by atoms with Crippen LogP contribution in [0.5, 0.6) is 0 Å². The molecule has 0 saturated carbocycles. The monoisotopic (exact) mass is 361 g/mol. The summed E-state index contributed by atoms with van der Waals surface area (Å²) in [6.07, 6.45) is 5.44. The van der Waals surface area contributed by atoms with Crippen LogP contribution in [0.1, 0.15) is 50.4 Å². The van der Waals surface area contributed by atoms with Crippen molar-refractivity contribution < 1.29 is 4.79 Å². The molecule has 6 nitrogen and oxygen atoms in total. The van der Waals surface area contributed by atoms with Gasteiger partial charge in [0.1, 0.15) is 0 Å². The molecule has 27 heavy (non-hydrogen) atoms. The summed E-state index contributed by atoms with van der Waals surface area (Å²) >= 11 is 0. The Bertz CT molecular complexity index is 1030. The van der Waals surface area contributed by atoms with Crippen LogP contribution in [0.25, 0.3) is 5.52 Å². The predicted molar refractivity (Wildman–Crippen MR) is 104 cm³/mol. The van der Waals surface area contributed by atoms with Crippen molar-refractivity contribution in [3.05, 3.63) is 65.7 Å². The second-order valence-corrected chi connectivity index (χ2v) is 7.81. The predicted octanol–water partition coefficient (Wildman–Crippen LogP) is 3.63. The second kappa shape index (κ2) is 6.30. The molecular formula is C21H23N5O. The zero-order valence-corrected chi connectivity index (χ0v) is 16.0. The van der Waals surface area contributed by atoms with E-state index < -0.39 is 5.41 Å². The molecule has 0 saturated heterocycles. The average Bonchev–Trinajstić information content (AvgIpc) is 3.17. The van der Waals surface area contributed by atoms with Gasteiger partial charge in [0.15, 0.2) is 0 Å². The number of amides is 1. The number of pyridine rings is 2. The molecule has 1 aliphatic heterocycles. The molecule has 1 aliphatic rings. The van der Waals surface area contributed by atoms with E-state index in [9.17, 15) is 4.79 Å². The molecule has 0 N–H and O–H groups in total. The van der Waals surface area contributed by atoms with E-state index in [1.54, 1.807) is 17.4 Å². The average molecular weight is 361 g/mol. The summed E-state index contributed by atoms with van der Waals surface area (Å²) in [6.45, 7) is 8.51. The van der Waals surface area contributed by atoms with E-state index in [-0.39, 0.29) is 5.91 Å². The zero-order chi connectivity index (χ0) is 19.2. The van der Waals surface area contributed by atoms with Crippen molar-refractivity contribution in [1.82, 2.24) is 19.6 Å². The molecule has 0 atom stereocenters. The summed E-state index contributed by atoms with van der Waals surface area (Å²) in [5.74, 6) is 0.356. The fraction of sp³-hybridized carbons (Fsp3) is 0.333. The van der Waals surface area contributed by atoms with Gasteiger partial charge in [-0.1, -0.05) is 19.9 Å². The lowest BCUT2D eigenvalue weighted by atomic mass is 9.84. The fourth-order valence-electron chi connectivity index (χ4n) is 3.33. The van der Waals surface area contributed by atoms with Gasteiger partial charge in [-0.15, -0.1) is 0 Å². The van der Waals surface area contributed by atoms with E-state index in [4.69, 9.17) is 0 Å². The van der Waals surface area contributed by atoms with Crippen LogP contribution in [-0.2, 0) is 11.3 Å². The standard InChI is InChI=1S/C21H23N5O/c1-14(2)18-10-17-8-7-16(13-25(17)23-18)19-21(3,4)20(27)26(24-19)12-15-6-5-9-22-11-15/h5-11,13-14H,12H2,1-4H3. The molecule has 0 radical (unpaired) electrons. The highest BCUT2D eigenvalue weighted by atomic mass is 16.2. The Labute approximate surface area is 158 Å². The number of nitrogens with zero attached hydrogens (tertiary/aromatic N) is 5. The lowest BCUT2D eigenvalue weighted by Crippen LogP contribution is -2.34. The third-order valence-corrected chi connectivity index (χ3v) is 4.98. The topological polar surface area (TPSA) is 62.9 Å². The summed E-state index contributed by atoms with van der Waals surface area (Å²) in [5, 5.41) is 10.9. The Kier molecular flexibility index (Phi) is 4.06. The quantitative estimate of drug-likeness (QED) is 0.713. The Balaban J connectivity index is 1.71. The third-order valence-electron chi connectivity index (χ3n) is 4.98. The molecule has 4 heterocycles. The maximum Gasteiger partial charge on any atom is 0.254 e. The van der Waals surface area contributed by atoms with E-state index in [0.717, 1.165) is 28.0 Å². The molecule has 0 bridgehead atoms. The molecule has 138 valence electrons. The number of hydrogen-bond donors (Lipinski definition) is 0. The van der Waals surface area contributed by atoms with Gasteiger partial charge >= 0.3 is 0 Å². The summed E-state index contributed by atoms with van der Waals surface area (Å²) in [5.41, 5.74) is 4.03. The molecule has 0 aromatic carbocycles. The van der Waals surface area contributed by atoms with Gasteiger partial charge in [0, 0.05) is 24.2 Å².